The highest BCUT2D eigenvalue weighted by molar-refractivity contribution is 7.91. The van der Waals surface area contributed by atoms with E-state index in [0.717, 1.165) is 30.6 Å². The maximum absolute atomic E-state index is 12.1. The Labute approximate surface area is 115 Å². The van der Waals surface area contributed by atoms with Gasteiger partial charge in [0.2, 0.25) is 15.4 Å². The number of carbonyl (C=O) groups is 1. The van der Waals surface area contributed by atoms with Crippen molar-refractivity contribution in [2.24, 2.45) is 5.92 Å². The molecule has 1 aliphatic rings. The fraction of sp³-hybridized carbons (Fsp3) is 0.700. The highest BCUT2D eigenvalue weighted by Crippen LogP contribution is 2.27. The van der Waals surface area contributed by atoms with E-state index in [9.17, 15) is 13.2 Å². The third-order valence-electron chi connectivity index (χ3n) is 2.94. The minimum absolute atomic E-state index is 0.0342. The van der Waals surface area contributed by atoms with Crippen LogP contribution in [-0.2, 0) is 14.8 Å². The van der Waals surface area contributed by atoms with Gasteiger partial charge in [-0.15, -0.1) is 10.2 Å². The first-order valence-electron chi connectivity index (χ1n) is 6.00. The first-order chi connectivity index (χ1) is 8.87. The highest BCUT2D eigenvalue weighted by atomic mass is 32.2. The number of nitrogens with zero attached hydrogens (tertiary/aromatic N) is 2. The second-order valence-corrected chi connectivity index (χ2v) is 7.66. The number of amides is 1. The van der Waals surface area contributed by atoms with Gasteiger partial charge in [0, 0.05) is 13.0 Å². The molecule has 1 aliphatic carbocycles. The third kappa shape index (κ3) is 3.71. The van der Waals surface area contributed by atoms with Gasteiger partial charge in [-0.2, -0.15) is 0 Å². The number of sulfonamides is 1. The average Bonchev–Trinajstić information content (AvgIpc) is 2.87. The lowest BCUT2D eigenvalue weighted by Crippen LogP contribution is -2.32. The fourth-order valence-corrected chi connectivity index (χ4v) is 4.35. The van der Waals surface area contributed by atoms with Crippen LogP contribution in [0.4, 0.5) is 5.13 Å². The number of hydrogen-bond donors (Lipinski definition) is 2. The number of hydrogen-bond acceptors (Lipinski definition) is 6. The Morgan fingerprint density at radius 3 is 2.68 bits per heavy atom. The van der Waals surface area contributed by atoms with Crippen LogP contribution in [0.1, 0.15) is 33.1 Å². The van der Waals surface area contributed by atoms with Crippen molar-refractivity contribution in [2.75, 3.05) is 5.32 Å². The Hall–Kier alpha value is -1.06. The molecule has 7 nitrogen and oxygen atoms in total. The van der Waals surface area contributed by atoms with Gasteiger partial charge in [-0.3, -0.25) is 4.79 Å². The smallest absolute Gasteiger partial charge is 0.270 e. The van der Waals surface area contributed by atoms with Crippen molar-refractivity contribution in [2.45, 2.75) is 43.5 Å². The molecular formula is C10H16N4O3S2. The maximum atomic E-state index is 12.1. The molecule has 0 aromatic carbocycles. The summed E-state index contributed by atoms with van der Waals surface area (Å²) in [6, 6.07) is -0.0342. The van der Waals surface area contributed by atoms with E-state index in [0.29, 0.717) is 5.92 Å². The summed E-state index contributed by atoms with van der Waals surface area (Å²) in [6.45, 7) is 3.43. The van der Waals surface area contributed by atoms with E-state index in [-0.39, 0.29) is 21.4 Å². The quantitative estimate of drug-likeness (QED) is 0.807. The zero-order valence-corrected chi connectivity index (χ0v) is 12.3. The van der Waals surface area contributed by atoms with Crippen LogP contribution in [0.3, 0.4) is 0 Å². The Morgan fingerprint density at radius 2 is 2.11 bits per heavy atom. The van der Waals surface area contributed by atoms with Crippen LogP contribution >= 0.6 is 11.3 Å². The molecule has 19 heavy (non-hydrogen) atoms. The topological polar surface area (TPSA) is 101 Å². The van der Waals surface area contributed by atoms with E-state index < -0.39 is 10.0 Å². The Bertz CT molecular complexity index is 569. The molecular weight excluding hydrogens is 288 g/mol. The van der Waals surface area contributed by atoms with E-state index in [2.05, 4.69) is 27.2 Å². The molecule has 0 bridgehead atoms. The molecule has 1 amide bonds. The Morgan fingerprint density at radius 1 is 1.37 bits per heavy atom. The second-order valence-electron chi connectivity index (χ2n) is 4.79. The van der Waals surface area contributed by atoms with Crippen LogP contribution < -0.4 is 10.0 Å². The van der Waals surface area contributed by atoms with E-state index in [1.807, 2.05) is 0 Å². The first-order valence-corrected chi connectivity index (χ1v) is 8.30. The van der Waals surface area contributed by atoms with Crippen LogP contribution in [0, 0.1) is 5.92 Å². The van der Waals surface area contributed by atoms with Gasteiger partial charge in [0.25, 0.3) is 10.0 Å². The van der Waals surface area contributed by atoms with Crippen LogP contribution in [0.2, 0.25) is 0 Å². The van der Waals surface area contributed by atoms with E-state index in [1.165, 1.54) is 6.92 Å². The van der Waals surface area contributed by atoms with Gasteiger partial charge in [0.15, 0.2) is 0 Å². The lowest BCUT2D eigenvalue weighted by molar-refractivity contribution is -0.114. The number of aromatic nitrogens is 2. The van der Waals surface area contributed by atoms with Gasteiger partial charge in [-0.05, 0) is 25.2 Å². The summed E-state index contributed by atoms with van der Waals surface area (Å²) in [5, 5.41) is 9.83. The summed E-state index contributed by atoms with van der Waals surface area (Å²) in [5.74, 6) is 0.231. The minimum Gasteiger partial charge on any atom is -0.301 e. The summed E-state index contributed by atoms with van der Waals surface area (Å²) in [4.78, 5) is 10.8. The highest BCUT2D eigenvalue weighted by Gasteiger charge is 2.28. The van der Waals surface area contributed by atoms with Crippen LogP contribution in [0.25, 0.3) is 0 Å². The molecule has 0 saturated heterocycles. The first kappa shape index (κ1) is 14.4. The molecule has 1 saturated carbocycles. The van der Waals surface area contributed by atoms with Crippen molar-refractivity contribution in [1.82, 2.24) is 14.9 Å². The van der Waals surface area contributed by atoms with E-state index in [1.54, 1.807) is 0 Å². The van der Waals surface area contributed by atoms with Gasteiger partial charge in [-0.1, -0.05) is 18.3 Å². The van der Waals surface area contributed by atoms with Gasteiger partial charge in [0.05, 0.1) is 0 Å². The van der Waals surface area contributed by atoms with E-state index >= 15 is 0 Å². The summed E-state index contributed by atoms with van der Waals surface area (Å²) in [7, 11) is -3.64. The van der Waals surface area contributed by atoms with Crippen molar-refractivity contribution in [3.05, 3.63) is 0 Å². The second kappa shape index (κ2) is 5.51. The third-order valence-corrected chi connectivity index (χ3v) is 5.66. The largest absolute Gasteiger partial charge is 0.301 e. The maximum Gasteiger partial charge on any atom is 0.270 e. The normalized spacial score (nSPS) is 23.5. The Kier molecular flexibility index (Phi) is 4.16. The molecule has 1 heterocycles. The minimum atomic E-state index is -3.64. The Balaban J connectivity index is 2.06. The van der Waals surface area contributed by atoms with Gasteiger partial charge < -0.3 is 5.32 Å². The zero-order valence-electron chi connectivity index (χ0n) is 10.7. The fourth-order valence-electron chi connectivity index (χ4n) is 2.10. The lowest BCUT2D eigenvalue weighted by Gasteiger charge is -2.10. The molecule has 1 aromatic heterocycles. The van der Waals surface area contributed by atoms with Crippen molar-refractivity contribution in [3.63, 3.8) is 0 Å². The van der Waals surface area contributed by atoms with Crippen LogP contribution in [0.5, 0.6) is 0 Å². The molecule has 0 aliphatic heterocycles. The molecule has 1 fully saturated rings. The predicted octanol–water partition coefficient (Wildman–Crippen LogP) is 0.963. The zero-order chi connectivity index (χ0) is 14.0. The van der Waals surface area contributed by atoms with Gasteiger partial charge in [-0.25, -0.2) is 13.1 Å². The average molecular weight is 304 g/mol. The molecule has 9 heteroatoms. The molecule has 2 unspecified atom stereocenters. The molecule has 1 aromatic rings. The van der Waals surface area contributed by atoms with Crippen LogP contribution in [-0.4, -0.2) is 30.6 Å². The molecule has 2 N–H and O–H groups in total. The number of rotatable bonds is 4. The van der Waals surface area contributed by atoms with Crippen molar-refractivity contribution in [3.8, 4) is 0 Å². The van der Waals surface area contributed by atoms with Crippen LogP contribution in [0.15, 0.2) is 4.34 Å². The van der Waals surface area contributed by atoms with E-state index in [4.69, 9.17) is 0 Å². The molecule has 2 rings (SSSR count). The summed E-state index contributed by atoms with van der Waals surface area (Å²) in [5.41, 5.74) is 0. The van der Waals surface area contributed by atoms with Crippen molar-refractivity contribution >= 4 is 32.4 Å². The number of carbonyl (C=O) groups excluding carboxylic acids is 1. The molecule has 0 radical (unpaired) electrons. The van der Waals surface area contributed by atoms with Gasteiger partial charge >= 0.3 is 0 Å². The summed E-state index contributed by atoms with van der Waals surface area (Å²) < 4.78 is 26.7. The molecule has 106 valence electrons. The summed E-state index contributed by atoms with van der Waals surface area (Å²) in [6.07, 6.45) is 2.72. The lowest BCUT2D eigenvalue weighted by atomic mass is 10.1. The summed E-state index contributed by atoms with van der Waals surface area (Å²) >= 11 is 0.848. The molecule has 0 spiro atoms. The SMILES string of the molecule is CC(=O)Nc1nnc(S(=O)(=O)NC2CCC(C)C2)s1. The predicted molar refractivity (Wildman–Crippen MR) is 71.3 cm³/mol. The number of nitrogens with one attached hydrogen (secondary N) is 2. The van der Waals surface area contributed by atoms with Gasteiger partial charge in [0.1, 0.15) is 0 Å². The molecule has 2 atom stereocenters. The number of anilines is 1. The monoisotopic (exact) mass is 304 g/mol. The van der Waals surface area contributed by atoms with Crippen molar-refractivity contribution < 1.29 is 13.2 Å². The van der Waals surface area contributed by atoms with Crippen molar-refractivity contribution in [1.29, 1.82) is 0 Å². The standard InChI is InChI=1S/C10H16N4O3S2/c1-6-3-4-8(5-6)14-19(16,17)10-13-12-9(18-10)11-7(2)15/h6,8,14H,3-5H2,1-2H3,(H,11,12,15).